The van der Waals surface area contributed by atoms with Crippen molar-refractivity contribution in [3.05, 3.63) is 68.8 Å². The molecule has 1 N–H and O–H groups in total. The molecular weight excluding hydrogens is 322 g/mol. The van der Waals surface area contributed by atoms with Gasteiger partial charge in [-0.3, -0.25) is 14.9 Å². The van der Waals surface area contributed by atoms with Crippen molar-refractivity contribution >= 4 is 17.8 Å². The number of rotatable bonds is 6. The van der Waals surface area contributed by atoms with E-state index in [1.165, 1.54) is 31.0 Å². The number of nitrogens with one attached hydrogen (secondary N) is 1. The van der Waals surface area contributed by atoms with E-state index < -0.39 is 4.92 Å². The van der Waals surface area contributed by atoms with Gasteiger partial charge in [-0.15, -0.1) is 0 Å². The van der Waals surface area contributed by atoms with Crippen LogP contribution in [0, 0.1) is 24.0 Å². The summed E-state index contributed by atoms with van der Waals surface area (Å²) in [6.45, 7) is 4.00. The Hall–Kier alpha value is -3.22. The van der Waals surface area contributed by atoms with Gasteiger partial charge in [0.1, 0.15) is 0 Å². The van der Waals surface area contributed by atoms with Crippen LogP contribution in [0.1, 0.15) is 22.3 Å². The molecule has 7 heteroatoms. The summed E-state index contributed by atoms with van der Waals surface area (Å²) in [5.74, 6) is -0.0940. The maximum Gasteiger partial charge on any atom is 0.311 e. The van der Waals surface area contributed by atoms with Gasteiger partial charge in [-0.05, 0) is 42.7 Å². The first-order chi connectivity index (χ1) is 11.9. The van der Waals surface area contributed by atoms with Crippen molar-refractivity contribution in [3.8, 4) is 5.75 Å². The number of aryl methyl sites for hydroxylation is 2. The molecule has 0 fully saturated rings. The number of benzene rings is 2. The van der Waals surface area contributed by atoms with Crippen molar-refractivity contribution in [3.63, 3.8) is 0 Å². The Morgan fingerprint density at radius 1 is 1.24 bits per heavy atom. The smallest absolute Gasteiger partial charge is 0.311 e. The highest BCUT2D eigenvalue weighted by Crippen LogP contribution is 2.26. The third-order valence-electron chi connectivity index (χ3n) is 3.74. The Morgan fingerprint density at radius 2 is 2.00 bits per heavy atom. The van der Waals surface area contributed by atoms with Crippen LogP contribution in [0.25, 0.3) is 0 Å². The van der Waals surface area contributed by atoms with Gasteiger partial charge in [0.15, 0.2) is 5.75 Å². The number of amides is 1. The largest absolute Gasteiger partial charge is 0.490 e. The Kier molecular flexibility index (Phi) is 5.84. The molecule has 1 amide bonds. The van der Waals surface area contributed by atoms with E-state index in [9.17, 15) is 14.9 Å². The fourth-order valence-corrected chi connectivity index (χ4v) is 2.25. The molecule has 7 nitrogen and oxygen atoms in total. The van der Waals surface area contributed by atoms with Gasteiger partial charge in [-0.2, -0.15) is 5.10 Å². The summed E-state index contributed by atoms with van der Waals surface area (Å²) in [5, 5.41) is 14.8. The van der Waals surface area contributed by atoms with Crippen LogP contribution in [-0.4, -0.2) is 24.2 Å². The number of hydrazone groups is 1. The molecule has 0 radical (unpaired) electrons. The van der Waals surface area contributed by atoms with Gasteiger partial charge in [-0.1, -0.05) is 18.2 Å². The monoisotopic (exact) mass is 341 g/mol. The van der Waals surface area contributed by atoms with Crippen LogP contribution in [0.4, 0.5) is 5.69 Å². The lowest BCUT2D eigenvalue weighted by atomic mass is 10.0. The number of hydrogen-bond donors (Lipinski definition) is 1. The van der Waals surface area contributed by atoms with Crippen molar-refractivity contribution < 1.29 is 14.5 Å². The summed E-state index contributed by atoms with van der Waals surface area (Å²) in [7, 11) is 1.36. The van der Waals surface area contributed by atoms with E-state index in [1.807, 2.05) is 32.0 Å². The highest BCUT2D eigenvalue weighted by molar-refractivity contribution is 5.84. The fourth-order valence-electron chi connectivity index (χ4n) is 2.25. The van der Waals surface area contributed by atoms with Crippen LogP contribution >= 0.6 is 0 Å². The summed E-state index contributed by atoms with van der Waals surface area (Å²) in [6, 6.07) is 10.3. The first-order valence-corrected chi connectivity index (χ1v) is 7.61. The lowest BCUT2D eigenvalue weighted by Crippen LogP contribution is -2.19. The SMILES string of the molecule is COc1ccc(/C=N\NC(=O)Cc2ccc(C)c(C)c2)cc1[N+](=O)[O-]. The van der Waals surface area contributed by atoms with Crippen LogP contribution < -0.4 is 10.2 Å². The zero-order valence-corrected chi connectivity index (χ0v) is 14.3. The minimum Gasteiger partial charge on any atom is -0.490 e. The van der Waals surface area contributed by atoms with Gasteiger partial charge >= 0.3 is 5.69 Å². The highest BCUT2D eigenvalue weighted by atomic mass is 16.6. The molecule has 0 aromatic heterocycles. The second kappa shape index (κ2) is 8.05. The quantitative estimate of drug-likeness (QED) is 0.496. The normalized spacial score (nSPS) is 10.7. The third-order valence-corrected chi connectivity index (χ3v) is 3.74. The summed E-state index contributed by atoms with van der Waals surface area (Å²) < 4.78 is 4.93. The molecule has 2 aromatic rings. The van der Waals surface area contributed by atoms with Crippen molar-refractivity contribution in [2.24, 2.45) is 5.10 Å². The van der Waals surface area contributed by atoms with E-state index in [0.29, 0.717) is 5.56 Å². The van der Waals surface area contributed by atoms with Gasteiger partial charge in [0.2, 0.25) is 5.91 Å². The molecule has 2 rings (SSSR count). The van der Waals surface area contributed by atoms with Gasteiger partial charge in [0, 0.05) is 11.6 Å². The highest BCUT2D eigenvalue weighted by Gasteiger charge is 2.14. The zero-order chi connectivity index (χ0) is 18.4. The predicted molar refractivity (Wildman–Crippen MR) is 95.0 cm³/mol. The summed E-state index contributed by atoms with van der Waals surface area (Å²) in [4.78, 5) is 22.4. The van der Waals surface area contributed by atoms with E-state index in [4.69, 9.17) is 4.74 Å². The van der Waals surface area contributed by atoms with Gasteiger partial charge in [-0.25, -0.2) is 5.43 Å². The number of carbonyl (C=O) groups is 1. The van der Waals surface area contributed by atoms with E-state index >= 15 is 0 Å². The molecule has 0 atom stereocenters. The van der Waals surface area contributed by atoms with Gasteiger partial charge in [0.25, 0.3) is 0 Å². The minimum atomic E-state index is -0.533. The maximum atomic E-state index is 11.9. The molecule has 0 saturated heterocycles. The molecule has 0 heterocycles. The number of nitro groups is 1. The molecule has 25 heavy (non-hydrogen) atoms. The van der Waals surface area contributed by atoms with Crippen LogP contribution in [0.15, 0.2) is 41.5 Å². The first-order valence-electron chi connectivity index (χ1n) is 7.61. The summed E-state index contributed by atoms with van der Waals surface area (Å²) >= 11 is 0. The molecular formula is C18H19N3O4. The standard InChI is InChI=1S/C18H19N3O4/c1-12-4-5-14(8-13(12)2)10-18(22)20-19-11-15-6-7-17(25-3)16(9-15)21(23)24/h4-9,11H,10H2,1-3H3,(H,20,22)/b19-11-. The molecule has 0 aliphatic heterocycles. The van der Waals surface area contributed by atoms with Crippen LogP contribution in [0.2, 0.25) is 0 Å². The van der Waals surface area contributed by atoms with Crippen molar-refractivity contribution in [1.29, 1.82) is 0 Å². The Balaban J connectivity index is 2.00. The molecule has 0 spiro atoms. The molecule has 130 valence electrons. The number of carbonyl (C=O) groups excluding carboxylic acids is 1. The number of nitrogens with zero attached hydrogens (tertiary/aromatic N) is 2. The second-order valence-electron chi connectivity index (χ2n) is 5.58. The Labute approximate surface area is 145 Å². The zero-order valence-electron chi connectivity index (χ0n) is 14.3. The average Bonchev–Trinajstić information content (AvgIpc) is 2.58. The topological polar surface area (TPSA) is 93.8 Å². The maximum absolute atomic E-state index is 11.9. The first kappa shape index (κ1) is 18.1. The number of nitro benzene ring substituents is 1. The predicted octanol–water partition coefficient (Wildman–Crippen LogP) is 2.91. The number of ether oxygens (including phenoxy) is 1. The van der Waals surface area contributed by atoms with Crippen LogP contribution in [0.5, 0.6) is 5.75 Å². The van der Waals surface area contributed by atoms with Crippen LogP contribution in [0.3, 0.4) is 0 Å². The minimum absolute atomic E-state index is 0.159. The molecule has 2 aromatic carbocycles. The summed E-state index contributed by atoms with van der Waals surface area (Å²) in [5.41, 5.74) is 5.94. The number of methoxy groups -OCH3 is 1. The number of hydrogen-bond acceptors (Lipinski definition) is 5. The summed E-state index contributed by atoms with van der Waals surface area (Å²) in [6.07, 6.45) is 1.56. The van der Waals surface area contributed by atoms with E-state index in [-0.39, 0.29) is 23.8 Å². The van der Waals surface area contributed by atoms with E-state index in [0.717, 1.165) is 11.1 Å². The lowest BCUT2D eigenvalue weighted by Gasteiger charge is -2.04. The molecule has 0 aliphatic carbocycles. The van der Waals surface area contributed by atoms with Crippen molar-refractivity contribution in [2.75, 3.05) is 7.11 Å². The molecule has 0 bridgehead atoms. The fraction of sp³-hybridized carbons (Fsp3) is 0.222. The average molecular weight is 341 g/mol. The lowest BCUT2D eigenvalue weighted by molar-refractivity contribution is -0.385. The van der Waals surface area contributed by atoms with Crippen LogP contribution in [-0.2, 0) is 11.2 Å². The van der Waals surface area contributed by atoms with Crippen molar-refractivity contribution in [2.45, 2.75) is 20.3 Å². The van der Waals surface area contributed by atoms with E-state index in [2.05, 4.69) is 10.5 Å². The Bertz CT molecular complexity index is 831. The van der Waals surface area contributed by atoms with Gasteiger partial charge < -0.3 is 4.74 Å². The van der Waals surface area contributed by atoms with Crippen molar-refractivity contribution in [1.82, 2.24) is 5.43 Å². The Morgan fingerprint density at radius 3 is 2.64 bits per heavy atom. The molecule has 0 aliphatic rings. The van der Waals surface area contributed by atoms with E-state index in [1.54, 1.807) is 6.07 Å². The molecule has 0 saturated carbocycles. The third kappa shape index (κ3) is 4.87. The second-order valence-corrected chi connectivity index (χ2v) is 5.58. The van der Waals surface area contributed by atoms with Gasteiger partial charge in [0.05, 0.1) is 24.7 Å². The molecule has 0 unspecified atom stereocenters.